The molecule has 0 aromatic rings. The van der Waals surface area contributed by atoms with Crippen LogP contribution in [-0.4, -0.2) is 38.8 Å². The lowest BCUT2D eigenvalue weighted by atomic mass is 10.3. The molecule has 0 heterocycles. The minimum atomic E-state index is -1.12. The third-order valence-corrected chi connectivity index (χ3v) is 0.922. The molecule has 0 rings (SSSR count). The van der Waals surface area contributed by atoms with Crippen molar-refractivity contribution in [2.75, 3.05) is 26.4 Å². The van der Waals surface area contributed by atoms with Crippen LogP contribution in [0.15, 0.2) is 0 Å². The largest absolute Gasteiger partial charge is 0.714 e. The van der Waals surface area contributed by atoms with Gasteiger partial charge in [0.05, 0.1) is 19.8 Å². The molecule has 0 bridgehead atoms. The maximum Gasteiger partial charge on any atom is 0.714 e. The number of hydrogen-bond donors (Lipinski definition) is 2. The molecule has 7 nitrogen and oxygen atoms in total. The molecule has 84 valence electrons. The molecule has 0 saturated heterocycles. The first-order valence-corrected chi connectivity index (χ1v) is 4.41. The van der Waals surface area contributed by atoms with Gasteiger partial charge < -0.3 is 5.11 Å². The molecule has 0 spiro atoms. The van der Waals surface area contributed by atoms with Crippen molar-refractivity contribution in [1.29, 1.82) is 0 Å². The first kappa shape index (κ1) is 13.8. The van der Waals surface area contributed by atoms with Gasteiger partial charge in [0.25, 0.3) is 0 Å². The van der Waals surface area contributed by atoms with Crippen LogP contribution in [-0.2, 0) is 24.1 Å². The zero-order valence-electron chi connectivity index (χ0n) is 8.39. The summed E-state index contributed by atoms with van der Waals surface area (Å²) in [6, 6.07) is 0. The summed E-state index contributed by atoms with van der Waals surface area (Å²) in [6.45, 7) is 4.40. The second kappa shape index (κ2) is 10.9. The Labute approximate surface area is 83.2 Å². The summed E-state index contributed by atoms with van der Waals surface area (Å²) in [5.74, 6) is 0. The molecule has 0 fully saturated rings. The van der Waals surface area contributed by atoms with Crippen LogP contribution in [0.4, 0.5) is 0 Å². The lowest BCUT2D eigenvalue weighted by Gasteiger charge is -2.11. The molecule has 2 N–H and O–H groups in total. The third-order valence-electron chi connectivity index (χ3n) is 0.922. The second-order valence-electron chi connectivity index (χ2n) is 2.03. The van der Waals surface area contributed by atoms with Crippen LogP contribution >= 0.6 is 0 Å². The van der Waals surface area contributed by atoms with Gasteiger partial charge in [-0.2, -0.15) is 0 Å². The van der Waals surface area contributed by atoms with Crippen LogP contribution in [0.2, 0.25) is 0 Å². The van der Waals surface area contributed by atoms with Gasteiger partial charge in [0, 0.05) is 6.54 Å². The highest BCUT2D eigenvalue weighted by Gasteiger charge is 2.25. The van der Waals surface area contributed by atoms with E-state index in [-0.39, 0.29) is 13.2 Å². The summed E-state index contributed by atoms with van der Waals surface area (Å²) >= 11 is 0. The van der Waals surface area contributed by atoms with Gasteiger partial charge in [-0.05, 0) is 13.8 Å². The van der Waals surface area contributed by atoms with Crippen LogP contribution in [0.25, 0.3) is 0 Å². The fourth-order valence-electron chi connectivity index (χ4n) is 0.475. The van der Waals surface area contributed by atoms with Gasteiger partial charge in [0.2, 0.25) is 0 Å². The van der Waals surface area contributed by atoms with Gasteiger partial charge >= 0.3 is 7.32 Å². The predicted molar refractivity (Wildman–Crippen MR) is 47.3 cm³/mol. The number of aliphatic hydroxyl groups is 1. The number of nitrogens with one attached hydrogen (secondary N) is 1. The van der Waals surface area contributed by atoms with E-state index in [9.17, 15) is 0 Å². The van der Waals surface area contributed by atoms with Gasteiger partial charge in [-0.1, -0.05) is 0 Å². The molecule has 8 heteroatoms. The topological polar surface area (TPSA) is 78.4 Å². The highest BCUT2D eigenvalue weighted by molar-refractivity contribution is 6.35. The van der Waals surface area contributed by atoms with Crippen LogP contribution in [0.3, 0.4) is 0 Å². The zero-order chi connectivity index (χ0) is 10.6. The Morgan fingerprint density at radius 2 is 1.71 bits per heavy atom. The molecule has 14 heavy (non-hydrogen) atoms. The van der Waals surface area contributed by atoms with E-state index in [2.05, 4.69) is 24.9 Å². The number of hydroxylamine groups is 1. The van der Waals surface area contributed by atoms with Crippen molar-refractivity contribution in [3.8, 4) is 0 Å². The van der Waals surface area contributed by atoms with Gasteiger partial charge in [-0.15, -0.1) is 0 Å². The Balaban J connectivity index is 3.49. The highest BCUT2D eigenvalue weighted by Crippen LogP contribution is 1.92. The Bertz CT molecular complexity index is 110. The molecule has 0 radical (unpaired) electrons. The molecular weight excluding hydrogens is 193 g/mol. The molecule has 0 aliphatic heterocycles. The maximum absolute atomic E-state index is 8.44. The monoisotopic (exact) mass is 209 g/mol. The van der Waals surface area contributed by atoms with E-state index in [1.807, 2.05) is 0 Å². The van der Waals surface area contributed by atoms with Crippen molar-refractivity contribution in [1.82, 2.24) is 5.48 Å². The van der Waals surface area contributed by atoms with Crippen LogP contribution in [0, 0.1) is 0 Å². The zero-order valence-corrected chi connectivity index (χ0v) is 8.39. The molecule has 0 aromatic carbocycles. The molecule has 0 saturated carbocycles. The minimum Gasteiger partial charge on any atom is -0.395 e. The molecular formula is C6H16BNO6. The van der Waals surface area contributed by atoms with Crippen molar-refractivity contribution in [2.45, 2.75) is 13.8 Å². The van der Waals surface area contributed by atoms with E-state index in [1.165, 1.54) is 0 Å². The Morgan fingerprint density at radius 3 is 2.14 bits per heavy atom. The first-order valence-electron chi connectivity index (χ1n) is 4.41. The van der Waals surface area contributed by atoms with Crippen LogP contribution < -0.4 is 5.48 Å². The average molecular weight is 209 g/mol. The van der Waals surface area contributed by atoms with Gasteiger partial charge in [0.15, 0.2) is 0 Å². The van der Waals surface area contributed by atoms with Crippen molar-refractivity contribution >= 4 is 7.32 Å². The Hall–Kier alpha value is -0.215. The Morgan fingerprint density at radius 1 is 1.14 bits per heavy atom. The van der Waals surface area contributed by atoms with Crippen molar-refractivity contribution < 1.29 is 29.2 Å². The summed E-state index contributed by atoms with van der Waals surface area (Å²) < 4.78 is 4.78. The number of hydrogen-bond acceptors (Lipinski definition) is 7. The fraction of sp³-hybridized carbons (Fsp3) is 1.00. The smallest absolute Gasteiger partial charge is 0.395 e. The molecule has 0 aliphatic rings. The van der Waals surface area contributed by atoms with E-state index >= 15 is 0 Å². The second-order valence-corrected chi connectivity index (χ2v) is 2.03. The molecule has 0 atom stereocenters. The third kappa shape index (κ3) is 8.39. The van der Waals surface area contributed by atoms with Crippen LogP contribution in [0.5, 0.6) is 0 Å². The van der Waals surface area contributed by atoms with Crippen molar-refractivity contribution in [3.63, 3.8) is 0 Å². The minimum absolute atomic E-state index is 0.0595. The van der Waals surface area contributed by atoms with E-state index in [4.69, 9.17) is 9.86 Å². The summed E-state index contributed by atoms with van der Waals surface area (Å²) in [5, 5.41) is 8.44. The summed E-state index contributed by atoms with van der Waals surface area (Å²) in [4.78, 5) is 18.4. The molecule has 0 aromatic heterocycles. The number of rotatable bonds is 10. The Kier molecular flexibility index (Phi) is 10.7. The van der Waals surface area contributed by atoms with Gasteiger partial charge in [0.1, 0.15) is 0 Å². The number of aliphatic hydroxyl groups excluding tert-OH is 1. The van der Waals surface area contributed by atoms with Crippen molar-refractivity contribution in [2.24, 2.45) is 0 Å². The van der Waals surface area contributed by atoms with E-state index < -0.39 is 7.32 Å². The standard InChI is InChI=1S/C6H16BNO6/c1-3-10-13-7(14-11-4-2)12-8-5-6-9/h8-9H,3-6H2,1-2H3. The van der Waals surface area contributed by atoms with Gasteiger partial charge in [-0.25, -0.2) is 24.9 Å². The lowest BCUT2D eigenvalue weighted by molar-refractivity contribution is -0.301. The summed E-state index contributed by atoms with van der Waals surface area (Å²) in [7, 11) is -1.12. The SMILES string of the molecule is CCOOB(ONCCO)OOCC. The van der Waals surface area contributed by atoms with E-state index in [0.717, 1.165) is 0 Å². The predicted octanol–water partition coefficient (Wildman–Crippen LogP) is -0.579. The summed E-state index contributed by atoms with van der Waals surface area (Å²) in [5.41, 5.74) is 2.39. The van der Waals surface area contributed by atoms with Crippen molar-refractivity contribution in [3.05, 3.63) is 0 Å². The van der Waals surface area contributed by atoms with Gasteiger partial charge in [-0.3, -0.25) is 4.76 Å². The van der Waals surface area contributed by atoms with E-state index in [1.54, 1.807) is 13.8 Å². The first-order chi connectivity index (χ1) is 6.85. The molecule has 0 amide bonds. The summed E-state index contributed by atoms with van der Waals surface area (Å²) in [6.07, 6.45) is 0. The fourth-order valence-corrected chi connectivity index (χ4v) is 0.475. The average Bonchev–Trinajstić information content (AvgIpc) is 2.21. The molecule has 0 aliphatic carbocycles. The molecule has 0 unspecified atom stereocenters. The van der Waals surface area contributed by atoms with E-state index in [0.29, 0.717) is 13.2 Å². The maximum atomic E-state index is 8.44. The van der Waals surface area contributed by atoms with Crippen LogP contribution in [0.1, 0.15) is 13.8 Å². The quantitative estimate of drug-likeness (QED) is 0.215. The highest BCUT2D eigenvalue weighted by atomic mass is 17.3. The lowest BCUT2D eigenvalue weighted by Crippen LogP contribution is -2.35. The normalized spacial score (nSPS) is 10.5.